The highest BCUT2D eigenvalue weighted by molar-refractivity contribution is 5.94. The van der Waals surface area contributed by atoms with E-state index < -0.39 is 34.8 Å². The van der Waals surface area contributed by atoms with Gasteiger partial charge in [-0.25, -0.2) is 4.39 Å². The quantitative estimate of drug-likeness (QED) is 0.583. The molecule has 3 N–H and O–H groups in total. The lowest BCUT2D eigenvalue weighted by atomic mass is 10.1. The molecule has 0 aliphatic heterocycles. The number of anilines is 1. The molecule has 0 saturated heterocycles. The monoisotopic (exact) mass is 347 g/mol. The molecule has 0 aliphatic rings. The van der Waals surface area contributed by atoms with Crippen molar-refractivity contribution in [3.63, 3.8) is 0 Å². The van der Waals surface area contributed by atoms with Crippen molar-refractivity contribution >= 4 is 23.2 Å². The van der Waals surface area contributed by atoms with Crippen molar-refractivity contribution in [2.75, 3.05) is 11.9 Å². The van der Waals surface area contributed by atoms with Crippen LogP contribution in [0.3, 0.4) is 0 Å². The number of benzene rings is 2. The second-order valence-electron chi connectivity index (χ2n) is 5.04. The summed E-state index contributed by atoms with van der Waals surface area (Å²) in [6, 6.07) is 9.20. The van der Waals surface area contributed by atoms with Gasteiger partial charge in [-0.2, -0.15) is 0 Å². The van der Waals surface area contributed by atoms with Gasteiger partial charge in [-0.1, -0.05) is 12.1 Å². The van der Waals surface area contributed by atoms with Crippen LogP contribution in [0.25, 0.3) is 0 Å². The van der Waals surface area contributed by atoms with Crippen molar-refractivity contribution in [3.05, 3.63) is 64.0 Å². The molecule has 130 valence electrons. The standard InChI is InChI=1S/C16H14FN3O5/c17-11-3-6-13(14(8-11)20(23)24)19-16(22)9-25-12-4-1-10(2-5-12)7-15(18)21/h1-6,8H,7,9H2,(H2,18,21)(H,19,22). The number of nitrogens with zero attached hydrogens (tertiary/aromatic N) is 1. The van der Waals surface area contributed by atoms with Gasteiger partial charge in [-0.15, -0.1) is 0 Å². The van der Waals surface area contributed by atoms with Gasteiger partial charge < -0.3 is 15.8 Å². The number of rotatable bonds is 7. The maximum absolute atomic E-state index is 13.1. The van der Waals surface area contributed by atoms with Crippen LogP contribution in [0.15, 0.2) is 42.5 Å². The highest BCUT2D eigenvalue weighted by Crippen LogP contribution is 2.24. The van der Waals surface area contributed by atoms with E-state index >= 15 is 0 Å². The first-order valence-electron chi connectivity index (χ1n) is 7.09. The first-order valence-corrected chi connectivity index (χ1v) is 7.09. The second kappa shape index (κ2) is 7.86. The molecule has 25 heavy (non-hydrogen) atoms. The predicted molar refractivity (Wildman–Crippen MR) is 86.5 cm³/mol. The van der Waals surface area contributed by atoms with Crippen LogP contribution in [-0.2, 0) is 16.0 Å². The van der Waals surface area contributed by atoms with Gasteiger partial charge in [0.15, 0.2) is 6.61 Å². The number of hydrogen-bond acceptors (Lipinski definition) is 5. The Morgan fingerprint density at radius 1 is 1.20 bits per heavy atom. The molecule has 0 fully saturated rings. The summed E-state index contributed by atoms with van der Waals surface area (Å²) in [7, 11) is 0. The predicted octanol–water partition coefficient (Wildman–Crippen LogP) is 1.78. The van der Waals surface area contributed by atoms with Gasteiger partial charge in [0, 0.05) is 0 Å². The van der Waals surface area contributed by atoms with Gasteiger partial charge in [0.05, 0.1) is 17.4 Å². The summed E-state index contributed by atoms with van der Waals surface area (Å²) in [4.78, 5) is 32.7. The van der Waals surface area contributed by atoms with Gasteiger partial charge in [-0.3, -0.25) is 19.7 Å². The summed E-state index contributed by atoms with van der Waals surface area (Å²) in [6.07, 6.45) is 0.0923. The van der Waals surface area contributed by atoms with Gasteiger partial charge in [0.25, 0.3) is 11.6 Å². The van der Waals surface area contributed by atoms with E-state index in [0.717, 1.165) is 12.1 Å². The molecule has 0 aromatic heterocycles. The number of ether oxygens (including phenoxy) is 1. The van der Waals surface area contributed by atoms with Crippen LogP contribution in [-0.4, -0.2) is 23.3 Å². The van der Waals surface area contributed by atoms with Crippen molar-refractivity contribution in [3.8, 4) is 5.75 Å². The summed E-state index contributed by atoms with van der Waals surface area (Å²) in [5.74, 6) is -1.51. The summed E-state index contributed by atoms with van der Waals surface area (Å²) >= 11 is 0. The maximum atomic E-state index is 13.1. The van der Waals surface area contributed by atoms with Crippen LogP contribution in [0, 0.1) is 15.9 Å². The molecule has 0 bridgehead atoms. The molecule has 2 aromatic carbocycles. The van der Waals surface area contributed by atoms with E-state index in [1.165, 1.54) is 0 Å². The van der Waals surface area contributed by atoms with Gasteiger partial charge in [0.2, 0.25) is 5.91 Å². The van der Waals surface area contributed by atoms with Crippen molar-refractivity contribution in [2.24, 2.45) is 5.73 Å². The summed E-state index contributed by atoms with van der Waals surface area (Å²) in [5, 5.41) is 13.2. The largest absolute Gasteiger partial charge is 0.484 e. The Balaban J connectivity index is 1.95. The van der Waals surface area contributed by atoms with Crippen molar-refractivity contribution in [1.29, 1.82) is 0 Å². The molecule has 0 unspecified atom stereocenters. The van der Waals surface area contributed by atoms with Crippen LogP contribution >= 0.6 is 0 Å². The number of halogens is 1. The molecule has 0 atom stereocenters. The maximum Gasteiger partial charge on any atom is 0.295 e. The van der Waals surface area contributed by atoms with E-state index in [2.05, 4.69) is 5.32 Å². The van der Waals surface area contributed by atoms with Crippen molar-refractivity contribution < 1.29 is 23.6 Å². The van der Waals surface area contributed by atoms with Gasteiger partial charge in [-0.05, 0) is 29.8 Å². The van der Waals surface area contributed by atoms with Crippen molar-refractivity contribution in [2.45, 2.75) is 6.42 Å². The van der Waals surface area contributed by atoms with E-state index in [-0.39, 0.29) is 12.1 Å². The minimum absolute atomic E-state index is 0.0923. The number of nitro groups is 1. The van der Waals surface area contributed by atoms with Crippen LogP contribution in [0.2, 0.25) is 0 Å². The number of hydrogen-bond donors (Lipinski definition) is 2. The van der Waals surface area contributed by atoms with Crippen LogP contribution < -0.4 is 15.8 Å². The molecule has 0 radical (unpaired) electrons. The Morgan fingerprint density at radius 2 is 1.88 bits per heavy atom. The zero-order chi connectivity index (χ0) is 18.4. The topological polar surface area (TPSA) is 125 Å². The van der Waals surface area contributed by atoms with Crippen LogP contribution in [0.5, 0.6) is 5.75 Å². The third kappa shape index (κ3) is 5.27. The van der Waals surface area contributed by atoms with E-state index in [4.69, 9.17) is 10.5 Å². The zero-order valence-corrected chi connectivity index (χ0v) is 12.9. The number of carbonyl (C=O) groups is 2. The van der Waals surface area contributed by atoms with E-state index in [9.17, 15) is 24.1 Å². The highest BCUT2D eigenvalue weighted by atomic mass is 19.1. The molecular formula is C16H14FN3O5. The van der Waals surface area contributed by atoms with Gasteiger partial charge >= 0.3 is 0 Å². The first-order chi connectivity index (χ1) is 11.8. The Bertz CT molecular complexity index is 808. The third-order valence-corrected chi connectivity index (χ3v) is 3.10. The number of nitrogens with two attached hydrogens (primary N) is 1. The summed E-state index contributed by atoms with van der Waals surface area (Å²) < 4.78 is 18.3. The Labute approximate surface area is 141 Å². The van der Waals surface area contributed by atoms with Crippen LogP contribution in [0.4, 0.5) is 15.8 Å². The summed E-state index contributed by atoms with van der Waals surface area (Å²) in [5.41, 5.74) is 5.10. The summed E-state index contributed by atoms with van der Waals surface area (Å²) in [6.45, 7) is -0.399. The second-order valence-corrected chi connectivity index (χ2v) is 5.04. The van der Waals surface area contributed by atoms with E-state index in [1.807, 2.05) is 0 Å². The Hall–Kier alpha value is -3.49. The molecule has 2 amide bonds. The molecule has 0 heterocycles. The molecule has 8 nitrogen and oxygen atoms in total. The average Bonchev–Trinajstić information content (AvgIpc) is 2.55. The molecule has 0 aliphatic carbocycles. The van der Waals surface area contributed by atoms with Crippen molar-refractivity contribution in [1.82, 2.24) is 0 Å². The lowest BCUT2D eigenvalue weighted by Gasteiger charge is -2.08. The molecule has 0 spiro atoms. The lowest BCUT2D eigenvalue weighted by Crippen LogP contribution is -2.20. The molecule has 2 rings (SSSR count). The SMILES string of the molecule is NC(=O)Cc1ccc(OCC(=O)Nc2ccc(F)cc2[N+](=O)[O-])cc1. The van der Waals surface area contributed by atoms with Gasteiger partial charge in [0.1, 0.15) is 17.3 Å². The Morgan fingerprint density at radius 3 is 2.48 bits per heavy atom. The molecule has 2 aromatic rings. The molecular weight excluding hydrogens is 333 g/mol. The number of carbonyl (C=O) groups excluding carboxylic acids is 2. The number of nitro benzene ring substituents is 1. The molecule has 9 heteroatoms. The fourth-order valence-electron chi connectivity index (χ4n) is 2.00. The normalized spacial score (nSPS) is 10.1. The molecule has 0 saturated carbocycles. The minimum atomic E-state index is -0.795. The smallest absolute Gasteiger partial charge is 0.295 e. The fourth-order valence-corrected chi connectivity index (χ4v) is 2.00. The first kappa shape index (κ1) is 17.9. The number of amides is 2. The van der Waals surface area contributed by atoms with E-state index in [0.29, 0.717) is 17.4 Å². The minimum Gasteiger partial charge on any atom is -0.484 e. The van der Waals surface area contributed by atoms with E-state index in [1.54, 1.807) is 24.3 Å². The number of nitrogens with one attached hydrogen (secondary N) is 1. The zero-order valence-electron chi connectivity index (χ0n) is 12.9. The lowest BCUT2D eigenvalue weighted by molar-refractivity contribution is -0.384. The number of primary amides is 1. The third-order valence-electron chi connectivity index (χ3n) is 3.10. The fraction of sp³-hybridized carbons (Fsp3) is 0.125. The van der Waals surface area contributed by atoms with Crippen LogP contribution in [0.1, 0.15) is 5.56 Å². The highest BCUT2D eigenvalue weighted by Gasteiger charge is 2.17. The average molecular weight is 347 g/mol. The Kier molecular flexibility index (Phi) is 5.62.